The second kappa shape index (κ2) is 3.00. The van der Waals surface area contributed by atoms with Crippen LogP contribution in [0, 0.1) is 0 Å². The summed E-state index contributed by atoms with van der Waals surface area (Å²) in [4.78, 5) is 4.24. The smallest absolute Gasteiger partial charge is 0.159 e. The highest BCUT2D eigenvalue weighted by molar-refractivity contribution is 6.35. The van der Waals surface area contributed by atoms with Gasteiger partial charge in [-0.25, -0.2) is 9.67 Å². The van der Waals surface area contributed by atoms with E-state index in [1.807, 2.05) is 4.68 Å². The van der Waals surface area contributed by atoms with Crippen molar-refractivity contribution >= 4 is 22.6 Å². The Labute approximate surface area is 81.3 Å². The fourth-order valence-electron chi connectivity index (χ4n) is 1.29. The number of halogens is 1. The van der Waals surface area contributed by atoms with E-state index in [0.29, 0.717) is 11.1 Å². The Kier molecular flexibility index (Phi) is 1.96. The van der Waals surface area contributed by atoms with Gasteiger partial charge in [-0.15, -0.1) is 0 Å². The third-order valence-electron chi connectivity index (χ3n) is 1.93. The van der Waals surface area contributed by atoms with Crippen molar-refractivity contribution in [3.05, 3.63) is 23.5 Å². The van der Waals surface area contributed by atoms with Gasteiger partial charge in [0.15, 0.2) is 5.65 Å². The fraction of sp³-hybridized carbons (Fsp3) is 0.333. The Morgan fingerprint density at radius 3 is 2.92 bits per heavy atom. The van der Waals surface area contributed by atoms with E-state index in [1.165, 1.54) is 0 Å². The van der Waals surface area contributed by atoms with Crippen LogP contribution in [0.3, 0.4) is 0 Å². The fourth-order valence-corrected chi connectivity index (χ4v) is 1.48. The van der Waals surface area contributed by atoms with E-state index in [-0.39, 0.29) is 0 Å². The SMILES string of the molecule is CC(C)n1ncc2c(Cl)ccnc21. The Morgan fingerprint density at radius 2 is 2.23 bits per heavy atom. The average molecular weight is 196 g/mol. The van der Waals surface area contributed by atoms with Crippen LogP contribution in [0.15, 0.2) is 18.5 Å². The molecular weight excluding hydrogens is 186 g/mol. The monoisotopic (exact) mass is 195 g/mol. The highest BCUT2D eigenvalue weighted by atomic mass is 35.5. The van der Waals surface area contributed by atoms with Crippen molar-refractivity contribution in [3.8, 4) is 0 Å². The predicted molar refractivity (Wildman–Crippen MR) is 52.9 cm³/mol. The molecule has 0 radical (unpaired) electrons. The zero-order chi connectivity index (χ0) is 9.42. The van der Waals surface area contributed by atoms with Gasteiger partial charge in [0.05, 0.1) is 16.6 Å². The van der Waals surface area contributed by atoms with Gasteiger partial charge in [-0.1, -0.05) is 11.6 Å². The highest BCUT2D eigenvalue weighted by Crippen LogP contribution is 2.22. The molecule has 68 valence electrons. The number of pyridine rings is 1. The lowest BCUT2D eigenvalue weighted by Crippen LogP contribution is -2.02. The largest absolute Gasteiger partial charge is 0.245 e. The summed E-state index contributed by atoms with van der Waals surface area (Å²) in [6.07, 6.45) is 3.45. The summed E-state index contributed by atoms with van der Waals surface area (Å²) in [7, 11) is 0. The number of hydrogen-bond acceptors (Lipinski definition) is 2. The first kappa shape index (κ1) is 8.51. The first-order chi connectivity index (χ1) is 6.20. The molecule has 13 heavy (non-hydrogen) atoms. The van der Waals surface area contributed by atoms with Gasteiger partial charge in [0.2, 0.25) is 0 Å². The van der Waals surface area contributed by atoms with Gasteiger partial charge in [-0.3, -0.25) is 0 Å². The van der Waals surface area contributed by atoms with Crippen LogP contribution >= 0.6 is 11.6 Å². The van der Waals surface area contributed by atoms with Gasteiger partial charge in [-0.2, -0.15) is 5.10 Å². The van der Waals surface area contributed by atoms with Gasteiger partial charge in [0.25, 0.3) is 0 Å². The van der Waals surface area contributed by atoms with Gasteiger partial charge in [0, 0.05) is 12.2 Å². The molecule has 0 saturated heterocycles. The van der Waals surface area contributed by atoms with Gasteiger partial charge >= 0.3 is 0 Å². The van der Waals surface area contributed by atoms with Crippen LogP contribution in [0.25, 0.3) is 11.0 Å². The van der Waals surface area contributed by atoms with Gasteiger partial charge in [-0.05, 0) is 19.9 Å². The molecule has 0 amide bonds. The van der Waals surface area contributed by atoms with E-state index in [0.717, 1.165) is 11.0 Å². The Balaban J connectivity index is 2.75. The minimum absolute atomic E-state index is 0.309. The lowest BCUT2D eigenvalue weighted by atomic mass is 10.3. The van der Waals surface area contributed by atoms with Crippen molar-refractivity contribution in [2.24, 2.45) is 0 Å². The van der Waals surface area contributed by atoms with Crippen LogP contribution in [0.1, 0.15) is 19.9 Å². The Bertz CT molecular complexity index is 433. The first-order valence-electron chi connectivity index (χ1n) is 4.18. The molecular formula is C9H10ClN3. The van der Waals surface area contributed by atoms with Crippen LogP contribution in [0.2, 0.25) is 5.02 Å². The molecule has 0 bridgehead atoms. The van der Waals surface area contributed by atoms with Crippen molar-refractivity contribution in [3.63, 3.8) is 0 Å². The summed E-state index contributed by atoms with van der Waals surface area (Å²) in [6, 6.07) is 2.08. The molecule has 2 heterocycles. The van der Waals surface area contributed by atoms with E-state index < -0.39 is 0 Å². The number of aromatic nitrogens is 3. The summed E-state index contributed by atoms with van der Waals surface area (Å²) < 4.78 is 1.86. The number of hydrogen-bond donors (Lipinski definition) is 0. The second-order valence-electron chi connectivity index (χ2n) is 3.21. The topological polar surface area (TPSA) is 30.7 Å². The molecule has 0 saturated carbocycles. The zero-order valence-corrected chi connectivity index (χ0v) is 8.28. The number of nitrogens with zero attached hydrogens (tertiary/aromatic N) is 3. The third kappa shape index (κ3) is 1.29. The van der Waals surface area contributed by atoms with Crippen LogP contribution in [-0.4, -0.2) is 14.8 Å². The van der Waals surface area contributed by atoms with Gasteiger partial charge < -0.3 is 0 Å². The average Bonchev–Trinajstić information content (AvgIpc) is 2.48. The third-order valence-corrected chi connectivity index (χ3v) is 2.26. The minimum atomic E-state index is 0.309. The maximum absolute atomic E-state index is 5.98. The van der Waals surface area contributed by atoms with E-state index in [2.05, 4.69) is 23.9 Å². The highest BCUT2D eigenvalue weighted by Gasteiger charge is 2.08. The van der Waals surface area contributed by atoms with Crippen molar-refractivity contribution in [1.29, 1.82) is 0 Å². The quantitative estimate of drug-likeness (QED) is 0.701. The van der Waals surface area contributed by atoms with E-state index in [1.54, 1.807) is 18.5 Å². The first-order valence-corrected chi connectivity index (χ1v) is 4.55. The molecule has 4 heteroatoms. The lowest BCUT2D eigenvalue weighted by molar-refractivity contribution is 0.546. The van der Waals surface area contributed by atoms with Crippen LogP contribution in [0.5, 0.6) is 0 Å². The second-order valence-corrected chi connectivity index (χ2v) is 3.62. The summed E-state index contributed by atoms with van der Waals surface area (Å²) in [5, 5.41) is 5.85. The van der Waals surface area contributed by atoms with Gasteiger partial charge in [0.1, 0.15) is 0 Å². The zero-order valence-electron chi connectivity index (χ0n) is 7.53. The summed E-state index contributed by atoms with van der Waals surface area (Å²) in [6.45, 7) is 4.13. The van der Waals surface area contributed by atoms with Crippen molar-refractivity contribution in [2.45, 2.75) is 19.9 Å². The lowest BCUT2D eigenvalue weighted by Gasteiger charge is -2.05. The molecule has 0 atom stereocenters. The molecule has 2 aromatic heterocycles. The molecule has 2 rings (SSSR count). The molecule has 2 aromatic rings. The molecule has 0 aliphatic carbocycles. The summed E-state index contributed by atoms with van der Waals surface area (Å²) >= 11 is 5.98. The van der Waals surface area contributed by atoms with Crippen LogP contribution in [0.4, 0.5) is 0 Å². The normalized spacial score (nSPS) is 11.4. The molecule has 0 fully saturated rings. The number of rotatable bonds is 1. The molecule has 0 aromatic carbocycles. The van der Waals surface area contributed by atoms with Crippen LogP contribution in [-0.2, 0) is 0 Å². The number of fused-ring (bicyclic) bond motifs is 1. The predicted octanol–water partition coefficient (Wildman–Crippen LogP) is 2.67. The standard InChI is InChI=1S/C9H10ClN3/c1-6(2)13-9-7(5-12-13)8(10)3-4-11-9/h3-6H,1-2H3. The molecule has 0 N–H and O–H groups in total. The molecule has 0 aliphatic heterocycles. The van der Waals surface area contributed by atoms with Crippen molar-refractivity contribution in [2.75, 3.05) is 0 Å². The Morgan fingerprint density at radius 1 is 1.46 bits per heavy atom. The minimum Gasteiger partial charge on any atom is -0.245 e. The maximum Gasteiger partial charge on any atom is 0.159 e. The molecule has 0 aliphatic rings. The molecule has 0 spiro atoms. The maximum atomic E-state index is 5.98. The molecule has 3 nitrogen and oxygen atoms in total. The van der Waals surface area contributed by atoms with Crippen LogP contribution < -0.4 is 0 Å². The Hall–Kier alpha value is -1.09. The molecule has 0 unspecified atom stereocenters. The summed E-state index contributed by atoms with van der Waals surface area (Å²) in [5.74, 6) is 0. The van der Waals surface area contributed by atoms with E-state index >= 15 is 0 Å². The van der Waals surface area contributed by atoms with E-state index in [9.17, 15) is 0 Å². The van der Waals surface area contributed by atoms with Crippen molar-refractivity contribution in [1.82, 2.24) is 14.8 Å². The van der Waals surface area contributed by atoms with Crippen molar-refractivity contribution < 1.29 is 0 Å². The van der Waals surface area contributed by atoms with E-state index in [4.69, 9.17) is 11.6 Å². The summed E-state index contributed by atoms with van der Waals surface area (Å²) in [5.41, 5.74) is 0.850.